The van der Waals surface area contributed by atoms with Gasteiger partial charge >= 0.3 is 0 Å². The van der Waals surface area contributed by atoms with Crippen molar-refractivity contribution in [2.45, 2.75) is 30.7 Å². The van der Waals surface area contributed by atoms with Crippen molar-refractivity contribution in [3.8, 4) is 0 Å². The van der Waals surface area contributed by atoms with Crippen molar-refractivity contribution in [3.05, 3.63) is 29.3 Å². The third kappa shape index (κ3) is 3.54. The highest BCUT2D eigenvalue weighted by Gasteiger charge is 2.22. The van der Waals surface area contributed by atoms with E-state index in [4.69, 9.17) is 22.7 Å². The molecule has 0 spiro atoms. The molecule has 0 bridgehead atoms. The predicted molar refractivity (Wildman–Crippen MR) is 81.2 cm³/mol. The van der Waals surface area contributed by atoms with Crippen LogP contribution in [0.5, 0.6) is 0 Å². The summed E-state index contributed by atoms with van der Waals surface area (Å²) >= 11 is 4.91. The van der Waals surface area contributed by atoms with Crippen LogP contribution in [-0.2, 0) is 14.8 Å². The molecule has 0 amide bonds. The first-order valence-electron chi connectivity index (χ1n) is 6.40. The van der Waals surface area contributed by atoms with Crippen LogP contribution in [0.4, 0.5) is 0 Å². The maximum Gasteiger partial charge on any atom is 0.240 e. The second-order valence-corrected chi connectivity index (χ2v) is 7.03. The molecule has 0 aliphatic carbocycles. The van der Waals surface area contributed by atoms with Crippen molar-refractivity contribution in [2.24, 2.45) is 5.73 Å². The quantitative estimate of drug-likeness (QED) is 0.813. The van der Waals surface area contributed by atoms with E-state index in [0.717, 1.165) is 18.4 Å². The zero-order chi connectivity index (χ0) is 14.8. The number of aryl methyl sites for hydroxylation is 1. The molecule has 1 aliphatic heterocycles. The average molecular weight is 314 g/mol. The van der Waals surface area contributed by atoms with Gasteiger partial charge in [-0.3, -0.25) is 0 Å². The molecule has 5 nitrogen and oxygen atoms in total. The van der Waals surface area contributed by atoms with Gasteiger partial charge in [0.2, 0.25) is 10.0 Å². The molecular formula is C13H18N2O3S2. The summed E-state index contributed by atoms with van der Waals surface area (Å²) < 4.78 is 32.6. The Labute approximate surface area is 124 Å². The summed E-state index contributed by atoms with van der Waals surface area (Å²) in [4.78, 5) is 0.487. The van der Waals surface area contributed by atoms with Crippen molar-refractivity contribution in [1.82, 2.24) is 4.72 Å². The second-order valence-electron chi connectivity index (χ2n) is 4.88. The molecule has 1 heterocycles. The summed E-state index contributed by atoms with van der Waals surface area (Å²) in [6.07, 6.45) is 1.66. The number of ether oxygens (including phenoxy) is 1. The van der Waals surface area contributed by atoms with E-state index >= 15 is 0 Å². The zero-order valence-corrected chi connectivity index (χ0v) is 12.9. The van der Waals surface area contributed by atoms with Gasteiger partial charge in [0.05, 0.1) is 11.5 Å². The van der Waals surface area contributed by atoms with Crippen molar-refractivity contribution in [3.63, 3.8) is 0 Å². The monoisotopic (exact) mass is 314 g/mol. The lowest BCUT2D eigenvalue weighted by Gasteiger charge is -2.23. The minimum Gasteiger partial charge on any atom is -0.389 e. The zero-order valence-electron chi connectivity index (χ0n) is 11.3. The van der Waals surface area contributed by atoms with Crippen LogP contribution in [0.25, 0.3) is 0 Å². The van der Waals surface area contributed by atoms with Gasteiger partial charge in [-0.15, -0.1) is 0 Å². The standard InChI is InChI=1S/C13H18N2O3S2/c1-9-7-11(4-5-12(9)13(14)19)20(16,17)15-10-3-2-6-18-8-10/h4-5,7,10,15H,2-3,6,8H2,1H3,(H2,14,19). The number of hydrogen-bond acceptors (Lipinski definition) is 4. The maximum absolute atomic E-state index is 12.3. The van der Waals surface area contributed by atoms with Crippen LogP contribution < -0.4 is 10.5 Å². The summed E-state index contributed by atoms with van der Waals surface area (Å²) in [6.45, 7) is 2.90. The first kappa shape index (κ1) is 15.4. The smallest absolute Gasteiger partial charge is 0.240 e. The molecule has 2 rings (SSSR count). The molecule has 1 atom stereocenters. The topological polar surface area (TPSA) is 81.4 Å². The first-order valence-corrected chi connectivity index (χ1v) is 8.30. The van der Waals surface area contributed by atoms with Gasteiger partial charge in [-0.05, 0) is 37.5 Å². The first-order chi connectivity index (χ1) is 9.40. The largest absolute Gasteiger partial charge is 0.389 e. The van der Waals surface area contributed by atoms with Crippen LogP contribution in [-0.4, -0.2) is 32.7 Å². The normalized spacial score (nSPS) is 19.8. The van der Waals surface area contributed by atoms with E-state index < -0.39 is 10.0 Å². The van der Waals surface area contributed by atoms with Crippen LogP contribution in [0, 0.1) is 6.92 Å². The van der Waals surface area contributed by atoms with Crippen molar-refractivity contribution in [2.75, 3.05) is 13.2 Å². The molecule has 3 N–H and O–H groups in total. The number of benzene rings is 1. The fourth-order valence-corrected chi connectivity index (χ4v) is 3.77. The van der Waals surface area contributed by atoms with Crippen molar-refractivity contribution < 1.29 is 13.2 Å². The fourth-order valence-electron chi connectivity index (χ4n) is 2.20. The van der Waals surface area contributed by atoms with Crippen LogP contribution in [0.2, 0.25) is 0 Å². The Bertz CT molecular complexity index is 608. The van der Waals surface area contributed by atoms with Crippen LogP contribution in [0.15, 0.2) is 23.1 Å². The molecule has 1 fully saturated rings. The summed E-state index contributed by atoms with van der Waals surface area (Å²) in [5.74, 6) is 0. The van der Waals surface area contributed by atoms with Crippen molar-refractivity contribution >= 4 is 27.2 Å². The molecule has 20 heavy (non-hydrogen) atoms. The van der Waals surface area contributed by atoms with Crippen LogP contribution in [0.3, 0.4) is 0 Å². The van der Waals surface area contributed by atoms with Gasteiger partial charge in [0.15, 0.2) is 0 Å². The summed E-state index contributed by atoms with van der Waals surface area (Å²) in [6, 6.07) is 4.58. The summed E-state index contributed by atoms with van der Waals surface area (Å²) in [5, 5.41) is 0. The molecular weight excluding hydrogens is 296 g/mol. The minimum atomic E-state index is -3.54. The molecule has 110 valence electrons. The highest BCUT2D eigenvalue weighted by Crippen LogP contribution is 2.17. The Balaban J connectivity index is 2.20. The highest BCUT2D eigenvalue weighted by molar-refractivity contribution is 7.89. The number of nitrogens with two attached hydrogens (primary N) is 1. The Morgan fingerprint density at radius 2 is 2.25 bits per heavy atom. The number of nitrogens with one attached hydrogen (secondary N) is 1. The van der Waals surface area contributed by atoms with Gasteiger partial charge in [-0.2, -0.15) is 0 Å². The van der Waals surface area contributed by atoms with E-state index in [9.17, 15) is 8.42 Å². The molecule has 1 unspecified atom stereocenters. The third-order valence-corrected chi connectivity index (χ3v) is 4.99. The van der Waals surface area contributed by atoms with E-state index in [2.05, 4.69) is 4.72 Å². The highest BCUT2D eigenvalue weighted by atomic mass is 32.2. The maximum atomic E-state index is 12.3. The van der Waals surface area contributed by atoms with Crippen LogP contribution >= 0.6 is 12.2 Å². The van der Waals surface area contributed by atoms with Gasteiger partial charge in [0, 0.05) is 18.2 Å². The lowest BCUT2D eigenvalue weighted by atomic mass is 10.1. The van der Waals surface area contributed by atoms with Crippen molar-refractivity contribution in [1.29, 1.82) is 0 Å². The molecule has 1 aromatic carbocycles. The SMILES string of the molecule is Cc1cc(S(=O)(=O)NC2CCCOC2)ccc1C(N)=S. The van der Waals surface area contributed by atoms with E-state index in [1.54, 1.807) is 19.1 Å². The molecule has 0 saturated carbocycles. The molecule has 0 radical (unpaired) electrons. The van der Waals surface area contributed by atoms with E-state index in [-0.39, 0.29) is 15.9 Å². The number of rotatable bonds is 4. The average Bonchev–Trinajstić information content (AvgIpc) is 2.38. The number of hydrogen-bond donors (Lipinski definition) is 2. The molecule has 1 aromatic rings. The minimum absolute atomic E-state index is 0.163. The molecule has 7 heteroatoms. The van der Waals surface area contributed by atoms with E-state index in [1.165, 1.54) is 6.07 Å². The number of sulfonamides is 1. The molecule has 1 saturated heterocycles. The van der Waals surface area contributed by atoms with Gasteiger partial charge in [0.1, 0.15) is 4.99 Å². The van der Waals surface area contributed by atoms with E-state index in [1.807, 2.05) is 0 Å². The van der Waals surface area contributed by atoms with E-state index in [0.29, 0.717) is 18.8 Å². The Morgan fingerprint density at radius 3 is 2.80 bits per heavy atom. The third-order valence-electron chi connectivity index (χ3n) is 3.26. The molecule has 0 aromatic heterocycles. The Kier molecular flexibility index (Phi) is 4.74. The molecule has 1 aliphatic rings. The van der Waals surface area contributed by atoms with Gasteiger partial charge in [-0.1, -0.05) is 18.3 Å². The summed E-state index contributed by atoms with van der Waals surface area (Å²) in [5.41, 5.74) is 7.02. The fraction of sp³-hybridized carbons (Fsp3) is 0.462. The summed E-state index contributed by atoms with van der Waals surface area (Å²) in [7, 11) is -3.54. The van der Waals surface area contributed by atoms with Gasteiger partial charge in [-0.25, -0.2) is 13.1 Å². The van der Waals surface area contributed by atoms with Crippen LogP contribution in [0.1, 0.15) is 24.0 Å². The lowest BCUT2D eigenvalue weighted by Crippen LogP contribution is -2.40. The number of thiocarbonyl (C=S) groups is 1. The van der Waals surface area contributed by atoms with Gasteiger partial charge < -0.3 is 10.5 Å². The Morgan fingerprint density at radius 1 is 1.50 bits per heavy atom. The second kappa shape index (κ2) is 6.17. The lowest BCUT2D eigenvalue weighted by molar-refractivity contribution is 0.0774. The van der Waals surface area contributed by atoms with Gasteiger partial charge in [0.25, 0.3) is 0 Å². The Hall–Kier alpha value is -1.02. The predicted octanol–water partition coefficient (Wildman–Crippen LogP) is 1.09.